The van der Waals surface area contributed by atoms with Gasteiger partial charge in [-0.3, -0.25) is 4.79 Å². The predicted molar refractivity (Wildman–Crippen MR) is 131 cm³/mol. The molecule has 0 bridgehead atoms. The van der Waals surface area contributed by atoms with Gasteiger partial charge in [0.25, 0.3) is 5.76 Å². The van der Waals surface area contributed by atoms with Gasteiger partial charge >= 0.3 is 6.18 Å². The van der Waals surface area contributed by atoms with E-state index in [9.17, 15) is 23.1 Å². The highest BCUT2D eigenvalue weighted by molar-refractivity contribution is 5.85. The molecule has 5 rings (SSSR count). The fourth-order valence-electron chi connectivity index (χ4n) is 5.19. The van der Waals surface area contributed by atoms with Crippen molar-refractivity contribution in [2.75, 3.05) is 6.54 Å². The number of likely N-dealkylation sites (tertiary alicyclic amines) is 1. The summed E-state index contributed by atoms with van der Waals surface area (Å²) in [4.78, 5) is 14.5. The third kappa shape index (κ3) is 4.53. The van der Waals surface area contributed by atoms with E-state index < -0.39 is 23.1 Å². The largest absolute Gasteiger partial charge is 0.507 e. The van der Waals surface area contributed by atoms with Crippen LogP contribution in [0.3, 0.4) is 0 Å². The van der Waals surface area contributed by atoms with Crippen molar-refractivity contribution in [2.45, 2.75) is 51.4 Å². The van der Waals surface area contributed by atoms with E-state index >= 15 is 0 Å². The number of rotatable bonds is 5. The molecule has 2 N–H and O–H groups in total. The van der Waals surface area contributed by atoms with Crippen LogP contribution in [-0.2, 0) is 12.7 Å². The number of nitrogens with one attached hydrogen (secondary N) is 1. The van der Waals surface area contributed by atoms with Crippen molar-refractivity contribution in [3.63, 3.8) is 0 Å². The van der Waals surface area contributed by atoms with Crippen LogP contribution in [0.25, 0.3) is 21.7 Å². The molecule has 5 nitrogen and oxygen atoms in total. The molecule has 1 aliphatic rings. The van der Waals surface area contributed by atoms with Gasteiger partial charge in [-0.15, -0.1) is 0 Å². The third-order valence-corrected chi connectivity index (χ3v) is 7.07. The van der Waals surface area contributed by atoms with Crippen molar-refractivity contribution in [3.05, 3.63) is 76.1 Å². The summed E-state index contributed by atoms with van der Waals surface area (Å²) in [5.41, 5.74) is -0.965. The van der Waals surface area contributed by atoms with Gasteiger partial charge in [0.2, 0.25) is 11.2 Å². The van der Waals surface area contributed by atoms with Crippen LogP contribution in [0.2, 0.25) is 0 Å². The summed E-state index contributed by atoms with van der Waals surface area (Å²) in [6.45, 7) is 3.19. The van der Waals surface area contributed by atoms with E-state index in [0.717, 1.165) is 43.0 Å². The molecular weight excluding hydrogens is 471 g/mol. The first-order valence-corrected chi connectivity index (χ1v) is 12.2. The lowest BCUT2D eigenvalue weighted by Gasteiger charge is -2.32. The molecule has 1 unspecified atom stereocenters. The molecular formula is C28H27F3NO4+. The lowest BCUT2D eigenvalue weighted by molar-refractivity contribution is -0.944. The molecule has 8 heteroatoms. The van der Waals surface area contributed by atoms with Crippen LogP contribution in [0.4, 0.5) is 13.2 Å². The molecule has 1 saturated heterocycles. The Morgan fingerprint density at radius 3 is 2.61 bits per heavy atom. The van der Waals surface area contributed by atoms with Crippen LogP contribution in [0.5, 0.6) is 17.2 Å². The quantitative estimate of drug-likeness (QED) is 0.365. The maximum absolute atomic E-state index is 14.1. The summed E-state index contributed by atoms with van der Waals surface area (Å²) in [6.07, 6.45) is -0.946. The van der Waals surface area contributed by atoms with E-state index in [2.05, 4.69) is 6.92 Å². The van der Waals surface area contributed by atoms with Crippen molar-refractivity contribution in [3.8, 4) is 17.2 Å². The van der Waals surface area contributed by atoms with E-state index in [-0.39, 0.29) is 34.6 Å². The van der Waals surface area contributed by atoms with Crippen molar-refractivity contribution < 1.29 is 32.3 Å². The number of piperidine rings is 1. The van der Waals surface area contributed by atoms with Gasteiger partial charge in [-0.1, -0.05) is 37.3 Å². The van der Waals surface area contributed by atoms with Gasteiger partial charge in [-0.2, -0.15) is 13.2 Å². The molecule has 1 aliphatic heterocycles. The second kappa shape index (κ2) is 9.50. The second-order valence-electron chi connectivity index (χ2n) is 9.32. The number of halogens is 3. The van der Waals surface area contributed by atoms with Crippen LogP contribution in [0, 0.1) is 0 Å². The van der Waals surface area contributed by atoms with Crippen LogP contribution in [-0.4, -0.2) is 17.7 Å². The number of hydrogen-bond acceptors (Lipinski definition) is 4. The van der Waals surface area contributed by atoms with E-state index in [0.29, 0.717) is 6.04 Å². The topological polar surface area (TPSA) is 64.1 Å². The highest BCUT2D eigenvalue weighted by Gasteiger charge is 2.41. The van der Waals surface area contributed by atoms with E-state index in [4.69, 9.17) is 9.15 Å². The third-order valence-electron chi connectivity index (χ3n) is 7.07. The number of fused-ring (bicyclic) bond motifs is 2. The molecule has 0 spiro atoms. The van der Waals surface area contributed by atoms with E-state index in [1.165, 1.54) is 23.1 Å². The summed E-state index contributed by atoms with van der Waals surface area (Å²) < 4.78 is 53.4. The standard InChI is InChI=1S/C28H26F3NO4/c1-2-19-9-5-6-14-32(19)16-22-23(33)13-12-21-24(34)26(27(28(29,30)31)36-25(21)22)35-20-11-10-17-7-3-4-8-18(17)15-20/h3-4,7-8,10-13,15,19,33H,2,5-6,9,14,16H2,1H3/p+1/t19-/m1/s1. The number of phenols is 1. The fourth-order valence-corrected chi connectivity index (χ4v) is 5.19. The average Bonchev–Trinajstić information content (AvgIpc) is 2.86. The van der Waals surface area contributed by atoms with Gasteiger partial charge in [0.05, 0.1) is 23.5 Å². The highest BCUT2D eigenvalue weighted by Crippen LogP contribution is 2.40. The molecule has 2 heterocycles. The minimum atomic E-state index is -4.98. The lowest BCUT2D eigenvalue weighted by atomic mass is 9.98. The Balaban J connectivity index is 1.64. The smallest absolute Gasteiger partial charge is 0.453 e. The number of quaternary nitrogens is 1. The molecule has 36 heavy (non-hydrogen) atoms. The van der Waals surface area contributed by atoms with Gasteiger partial charge < -0.3 is 19.2 Å². The average molecular weight is 499 g/mol. The summed E-state index contributed by atoms with van der Waals surface area (Å²) in [5.74, 6) is -2.53. The highest BCUT2D eigenvalue weighted by atomic mass is 19.4. The zero-order valence-corrected chi connectivity index (χ0v) is 19.8. The molecule has 0 amide bonds. The first kappa shape index (κ1) is 24.2. The maximum Gasteiger partial charge on any atom is 0.453 e. The van der Waals surface area contributed by atoms with Gasteiger partial charge in [0, 0.05) is 0 Å². The molecule has 1 fully saturated rings. The summed E-state index contributed by atoms with van der Waals surface area (Å²) in [7, 11) is 0. The zero-order chi connectivity index (χ0) is 25.4. The zero-order valence-electron chi connectivity index (χ0n) is 19.8. The lowest BCUT2D eigenvalue weighted by Crippen LogP contribution is -3.15. The number of alkyl halides is 3. The molecule has 2 atom stereocenters. The van der Waals surface area contributed by atoms with Gasteiger partial charge in [-0.05, 0) is 60.7 Å². The first-order valence-electron chi connectivity index (χ1n) is 12.2. The Hall–Kier alpha value is -3.52. The molecule has 4 aromatic rings. The molecule has 3 aromatic carbocycles. The molecule has 0 saturated carbocycles. The minimum Gasteiger partial charge on any atom is -0.507 e. The predicted octanol–water partition coefficient (Wildman–Crippen LogP) is 5.81. The Morgan fingerprint density at radius 2 is 1.86 bits per heavy atom. The van der Waals surface area contributed by atoms with Crippen molar-refractivity contribution >= 4 is 21.7 Å². The Kier molecular flexibility index (Phi) is 6.38. The minimum absolute atomic E-state index is 0.0592. The van der Waals surface area contributed by atoms with Crippen LogP contribution >= 0.6 is 0 Å². The maximum atomic E-state index is 14.1. The SMILES string of the molecule is CC[C@@H]1CCCC[NH+]1Cc1c(O)ccc2c(=O)c(Oc3ccc4ccccc4c3)c(C(F)(F)F)oc12. The van der Waals surface area contributed by atoms with Gasteiger partial charge in [0.15, 0.2) is 5.58 Å². The monoisotopic (exact) mass is 498 g/mol. The summed E-state index contributed by atoms with van der Waals surface area (Å²) in [5, 5.41) is 12.2. The Labute approximate surface area is 205 Å². The number of hydrogen-bond donors (Lipinski definition) is 2. The molecule has 0 radical (unpaired) electrons. The second-order valence-corrected chi connectivity index (χ2v) is 9.32. The number of ether oxygens (including phenoxy) is 1. The summed E-state index contributed by atoms with van der Waals surface area (Å²) in [6, 6.07) is 15.1. The van der Waals surface area contributed by atoms with Gasteiger partial charge in [-0.25, -0.2) is 0 Å². The van der Waals surface area contributed by atoms with Crippen LogP contribution in [0.15, 0.2) is 63.8 Å². The number of phenolic OH excluding ortho intramolecular Hbond substituents is 1. The molecule has 1 aromatic heterocycles. The van der Waals surface area contributed by atoms with Crippen LogP contribution < -0.4 is 15.1 Å². The normalized spacial score (nSPS) is 18.6. The number of aromatic hydroxyl groups is 1. The summed E-state index contributed by atoms with van der Waals surface area (Å²) >= 11 is 0. The number of benzene rings is 3. The first-order chi connectivity index (χ1) is 17.3. The molecule has 188 valence electrons. The van der Waals surface area contributed by atoms with E-state index in [1.54, 1.807) is 24.3 Å². The van der Waals surface area contributed by atoms with E-state index in [1.807, 2.05) is 12.1 Å². The Morgan fingerprint density at radius 1 is 1.08 bits per heavy atom. The van der Waals surface area contributed by atoms with Crippen molar-refractivity contribution in [1.29, 1.82) is 0 Å². The molecule has 0 aliphatic carbocycles. The van der Waals surface area contributed by atoms with Crippen molar-refractivity contribution in [2.24, 2.45) is 0 Å². The Bertz CT molecular complexity index is 1480. The van der Waals surface area contributed by atoms with Crippen LogP contribution in [0.1, 0.15) is 43.9 Å². The van der Waals surface area contributed by atoms with Gasteiger partial charge in [0.1, 0.15) is 18.0 Å². The van der Waals surface area contributed by atoms with Crippen molar-refractivity contribution in [1.82, 2.24) is 0 Å². The fraction of sp³-hybridized carbons (Fsp3) is 0.321.